The summed E-state index contributed by atoms with van der Waals surface area (Å²) >= 11 is 0. The van der Waals surface area contributed by atoms with Crippen LogP contribution in [0.4, 0.5) is 0 Å². The van der Waals surface area contributed by atoms with E-state index in [2.05, 4.69) is 135 Å². The second kappa shape index (κ2) is 56.1. The number of phosphoric ester groups is 1. The number of unbranched alkanes of at least 4 members (excludes halogenated alkanes) is 20. The first-order valence-corrected chi connectivity index (χ1v) is 31.7. The van der Waals surface area contributed by atoms with Crippen molar-refractivity contribution in [2.24, 2.45) is 0 Å². The third kappa shape index (κ3) is 59.7. The van der Waals surface area contributed by atoms with Gasteiger partial charge < -0.3 is 27.9 Å². The first-order valence-electron chi connectivity index (χ1n) is 30.2. The van der Waals surface area contributed by atoms with Gasteiger partial charge in [-0.2, -0.15) is 0 Å². The Morgan fingerprint density at radius 2 is 0.750 bits per heavy atom. The summed E-state index contributed by atoms with van der Waals surface area (Å²) in [5.74, 6) is -0.861. The molecule has 0 fully saturated rings. The van der Waals surface area contributed by atoms with Crippen LogP contribution in [-0.4, -0.2) is 70.0 Å². The average molecular weight is 1080 g/mol. The maximum absolute atomic E-state index is 12.8. The summed E-state index contributed by atoms with van der Waals surface area (Å²) in [6.45, 7) is 4.08. The molecule has 0 aliphatic heterocycles. The van der Waals surface area contributed by atoms with Crippen LogP contribution in [0.3, 0.4) is 0 Å². The number of hydrogen-bond donors (Lipinski definition) is 0. The van der Waals surface area contributed by atoms with Gasteiger partial charge in [-0.1, -0.05) is 232 Å². The lowest BCUT2D eigenvalue weighted by atomic mass is 10.1. The number of carbonyl (C=O) groups is 2. The molecule has 0 N–H and O–H groups in total. The smallest absolute Gasteiger partial charge is 0.306 e. The monoisotopic (exact) mass is 1080 g/mol. The number of phosphoric acid groups is 1. The highest BCUT2D eigenvalue weighted by Gasteiger charge is 2.22. The minimum Gasteiger partial charge on any atom is -0.756 e. The third-order valence-electron chi connectivity index (χ3n) is 12.5. The molecule has 0 aromatic rings. The van der Waals surface area contributed by atoms with E-state index >= 15 is 0 Å². The molecule has 0 saturated carbocycles. The molecule has 0 aliphatic rings. The van der Waals surface area contributed by atoms with Gasteiger partial charge in [0.1, 0.15) is 19.8 Å². The van der Waals surface area contributed by atoms with Crippen LogP contribution in [-0.2, 0) is 32.7 Å². The maximum atomic E-state index is 12.8. The first-order chi connectivity index (χ1) is 37.0. The standard InChI is InChI=1S/C66H112NO8P/c1-6-8-10-12-14-16-18-20-22-24-26-28-29-30-31-32-33-34-35-36-37-39-41-43-45-47-49-51-53-55-57-59-66(69)75-64(63-74-76(70,71)73-61-60-67(3,4)5)62-72-65(68)58-56-54-52-50-48-46-44-42-40-38-27-25-23-21-19-17-15-13-11-9-7-2/h8,10,14,16,19-22,25-28,30-31,33-34,36-37,40,42,64H,6-7,9,11-13,15,17-18,23-24,29,32,35,38-39,41,43-63H2,1-5H3/b10-8-,16-14-,21-19-,22-20-,27-25-,28-26-,31-30-,34-33-,37-36-,42-40-. The van der Waals surface area contributed by atoms with E-state index in [-0.39, 0.29) is 26.1 Å². The summed E-state index contributed by atoms with van der Waals surface area (Å²) in [6, 6.07) is 0. The molecule has 0 aromatic heterocycles. The normalized spacial score (nSPS) is 14.1. The number of likely N-dealkylation sites (N-methyl/N-ethyl adjacent to an activating group) is 1. The Morgan fingerprint density at radius 3 is 1.12 bits per heavy atom. The number of quaternary nitrogens is 1. The number of nitrogens with zero attached hydrogens (tertiary/aromatic N) is 1. The van der Waals surface area contributed by atoms with Crippen molar-refractivity contribution in [1.29, 1.82) is 0 Å². The van der Waals surface area contributed by atoms with Crippen molar-refractivity contribution < 1.29 is 42.1 Å². The van der Waals surface area contributed by atoms with E-state index in [0.717, 1.165) is 122 Å². The van der Waals surface area contributed by atoms with E-state index in [9.17, 15) is 19.0 Å². The van der Waals surface area contributed by atoms with Crippen molar-refractivity contribution in [3.63, 3.8) is 0 Å². The van der Waals surface area contributed by atoms with Gasteiger partial charge in [0.15, 0.2) is 6.10 Å². The van der Waals surface area contributed by atoms with Crippen LogP contribution in [0.25, 0.3) is 0 Å². The quantitative estimate of drug-likeness (QED) is 0.0195. The van der Waals surface area contributed by atoms with Crippen LogP contribution in [0.1, 0.15) is 232 Å². The molecule has 76 heavy (non-hydrogen) atoms. The summed E-state index contributed by atoms with van der Waals surface area (Å²) in [7, 11) is 1.14. The Hall–Kier alpha value is -3.59. The van der Waals surface area contributed by atoms with Crippen LogP contribution in [0.5, 0.6) is 0 Å². The SMILES string of the molecule is CC/C=C\C/C=C\C/C=C\C/C=C\C/C=C\C/C=C\C/C=C\CCCCCCCCCCCC(=O)OC(COC(=O)CCCCCCCC/C=C\C/C=C\C/C=C\CCCCCCC)COP(=O)([O-])OCC[N+](C)(C)C. The van der Waals surface area contributed by atoms with E-state index in [1.807, 2.05) is 21.1 Å². The molecule has 0 amide bonds. The van der Waals surface area contributed by atoms with Gasteiger partial charge in [-0.05, 0) is 109 Å². The lowest BCUT2D eigenvalue weighted by Crippen LogP contribution is -2.37. The molecule has 434 valence electrons. The maximum Gasteiger partial charge on any atom is 0.306 e. The number of hydrogen-bond acceptors (Lipinski definition) is 8. The Bertz CT molecular complexity index is 1700. The summed E-state index contributed by atoms with van der Waals surface area (Å²) in [5.41, 5.74) is 0. The van der Waals surface area contributed by atoms with Crippen molar-refractivity contribution >= 4 is 19.8 Å². The Labute approximate surface area is 467 Å². The van der Waals surface area contributed by atoms with E-state index in [1.54, 1.807) is 0 Å². The molecule has 0 bridgehead atoms. The van der Waals surface area contributed by atoms with Gasteiger partial charge in [0.05, 0.1) is 27.7 Å². The molecular formula is C66H112NO8P. The van der Waals surface area contributed by atoms with Gasteiger partial charge in [0.25, 0.3) is 7.82 Å². The fourth-order valence-electron chi connectivity index (χ4n) is 7.82. The molecule has 2 unspecified atom stereocenters. The Morgan fingerprint density at radius 1 is 0.421 bits per heavy atom. The summed E-state index contributed by atoms with van der Waals surface area (Å²) < 4.78 is 34.2. The van der Waals surface area contributed by atoms with E-state index < -0.39 is 32.5 Å². The second-order valence-electron chi connectivity index (χ2n) is 21.0. The van der Waals surface area contributed by atoms with E-state index in [1.165, 1.54) is 70.6 Å². The van der Waals surface area contributed by atoms with E-state index in [0.29, 0.717) is 23.9 Å². The fraction of sp³-hybridized carbons (Fsp3) is 0.667. The Balaban J connectivity index is 4.22. The molecule has 9 nitrogen and oxygen atoms in total. The van der Waals surface area contributed by atoms with E-state index in [4.69, 9.17) is 18.5 Å². The van der Waals surface area contributed by atoms with Crippen LogP contribution in [0.2, 0.25) is 0 Å². The van der Waals surface area contributed by atoms with Crippen LogP contribution in [0, 0.1) is 0 Å². The number of rotatable bonds is 54. The Kier molecular flexibility index (Phi) is 53.5. The zero-order valence-corrected chi connectivity index (χ0v) is 50.0. The van der Waals surface area contributed by atoms with Crippen molar-refractivity contribution in [1.82, 2.24) is 0 Å². The van der Waals surface area contributed by atoms with Gasteiger partial charge in [-0.3, -0.25) is 14.2 Å². The van der Waals surface area contributed by atoms with Gasteiger partial charge in [0.2, 0.25) is 0 Å². The number of ether oxygens (including phenoxy) is 2. The molecule has 0 saturated heterocycles. The van der Waals surface area contributed by atoms with Gasteiger partial charge in [-0.15, -0.1) is 0 Å². The van der Waals surface area contributed by atoms with Gasteiger partial charge >= 0.3 is 11.9 Å². The van der Waals surface area contributed by atoms with Crippen molar-refractivity contribution in [3.05, 3.63) is 122 Å². The molecule has 10 heteroatoms. The highest BCUT2D eigenvalue weighted by Crippen LogP contribution is 2.38. The predicted octanol–water partition coefficient (Wildman–Crippen LogP) is 18.5. The van der Waals surface area contributed by atoms with Crippen LogP contribution < -0.4 is 4.89 Å². The van der Waals surface area contributed by atoms with Gasteiger partial charge in [-0.25, -0.2) is 0 Å². The van der Waals surface area contributed by atoms with Crippen LogP contribution in [0.15, 0.2) is 122 Å². The molecule has 0 radical (unpaired) electrons. The highest BCUT2D eigenvalue weighted by molar-refractivity contribution is 7.45. The van der Waals surface area contributed by atoms with Gasteiger partial charge in [0, 0.05) is 12.8 Å². The minimum atomic E-state index is -4.65. The van der Waals surface area contributed by atoms with Crippen LogP contribution >= 0.6 is 7.82 Å². The zero-order chi connectivity index (χ0) is 55.6. The summed E-state index contributed by atoms with van der Waals surface area (Å²) in [5, 5.41) is 0. The van der Waals surface area contributed by atoms with Crippen molar-refractivity contribution in [2.75, 3.05) is 47.5 Å². The molecule has 0 rings (SSSR count). The topological polar surface area (TPSA) is 111 Å². The zero-order valence-electron chi connectivity index (χ0n) is 49.2. The molecule has 2 atom stereocenters. The first kappa shape index (κ1) is 72.4. The van der Waals surface area contributed by atoms with Crippen molar-refractivity contribution in [2.45, 2.75) is 238 Å². The molecular weight excluding hydrogens is 966 g/mol. The minimum absolute atomic E-state index is 0.0408. The third-order valence-corrected chi connectivity index (χ3v) is 13.4. The lowest BCUT2D eigenvalue weighted by Gasteiger charge is -2.28. The average Bonchev–Trinajstić information content (AvgIpc) is 3.38. The molecule has 0 aliphatic carbocycles. The number of allylic oxidation sites excluding steroid dienone is 20. The summed E-state index contributed by atoms with van der Waals surface area (Å²) in [6.07, 6.45) is 79.5. The molecule has 0 aromatic carbocycles. The molecule has 0 spiro atoms. The molecule has 0 heterocycles. The number of esters is 2. The highest BCUT2D eigenvalue weighted by atomic mass is 31.2. The fourth-order valence-corrected chi connectivity index (χ4v) is 8.55. The largest absolute Gasteiger partial charge is 0.756 e. The lowest BCUT2D eigenvalue weighted by molar-refractivity contribution is -0.870. The second-order valence-corrected chi connectivity index (χ2v) is 22.4. The predicted molar refractivity (Wildman–Crippen MR) is 323 cm³/mol. The number of carbonyl (C=O) groups excluding carboxylic acids is 2. The summed E-state index contributed by atoms with van der Waals surface area (Å²) in [4.78, 5) is 37.9. The van der Waals surface area contributed by atoms with Crippen molar-refractivity contribution in [3.8, 4) is 0 Å².